The summed E-state index contributed by atoms with van der Waals surface area (Å²) in [5.41, 5.74) is 3.81. The van der Waals surface area contributed by atoms with Gasteiger partial charge in [-0.2, -0.15) is 0 Å². The van der Waals surface area contributed by atoms with E-state index in [1.54, 1.807) is 12.3 Å². The molecule has 0 bridgehead atoms. The first-order valence-corrected chi connectivity index (χ1v) is 12.3. The second kappa shape index (κ2) is 10.1. The van der Waals surface area contributed by atoms with Gasteiger partial charge >= 0.3 is 0 Å². The number of hydrogen-bond donors (Lipinski definition) is 3. The predicted octanol–water partition coefficient (Wildman–Crippen LogP) is 1.65. The number of likely N-dealkylation sites (tertiary alicyclic amines) is 1. The minimum absolute atomic E-state index is 0.178. The zero-order valence-electron chi connectivity index (χ0n) is 19.4. The molecule has 5 rings (SSSR count). The van der Waals surface area contributed by atoms with E-state index in [-0.39, 0.29) is 30.3 Å². The van der Waals surface area contributed by atoms with Gasteiger partial charge in [0.15, 0.2) is 0 Å². The van der Waals surface area contributed by atoms with Crippen LogP contribution in [0.5, 0.6) is 0 Å². The molecular weight excluding hydrogens is 430 g/mol. The first-order chi connectivity index (χ1) is 16.5. The Morgan fingerprint density at radius 1 is 1.15 bits per heavy atom. The molecule has 0 unspecified atom stereocenters. The Morgan fingerprint density at radius 3 is 2.71 bits per heavy atom. The molecule has 180 valence electrons. The molecule has 3 heterocycles. The van der Waals surface area contributed by atoms with Crippen LogP contribution in [0.3, 0.4) is 0 Å². The third-order valence-electron chi connectivity index (χ3n) is 7.19. The molecule has 2 fully saturated rings. The number of carbonyl (C=O) groups excluding carboxylic acids is 2. The van der Waals surface area contributed by atoms with Gasteiger partial charge in [-0.05, 0) is 42.5 Å². The molecular formula is C26H33N5O3. The SMILES string of the molecule is O=C(NC[C@H](O)CN1CCc2ccccc2C1)c1cc(NC2CN(C(=O)C3CCC3)C2)ccn1. The Morgan fingerprint density at radius 2 is 1.94 bits per heavy atom. The zero-order valence-corrected chi connectivity index (χ0v) is 19.4. The number of aliphatic hydroxyl groups excluding tert-OH is 1. The summed E-state index contributed by atoms with van der Waals surface area (Å²) in [6, 6.07) is 12.2. The van der Waals surface area contributed by atoms with E-state index in [2.05, 4.69) is 38.7 Å². The van der Waals surface area contributed by atoms with Crippen molar-refractivity contribution < 1.29 is 14.7 Å². The summed E-state index contributed by atoms with van der Waals surface area (Å²) in [6.07, 6.45) is 5.15. The van der Waals surface area contributed by atoms with E-state index in [0.717, 1.165) is 44.5 Å². The number of benzene rings is 1. The molecule has 1 aromatic heterocycles. The Balaban J connectivity index is 1.06. The molecule has 2 aliphatic heterocycles. The summed E-state index contributed by atoms with van der Waals surface area (Å²) in [7, 11) is 0. The smallest absolute Gasteiger partial charge is 0.270 e. The fraction of sp³-hybridized carbons (Fsp3) is 0.500. The summed E-state index contributed by atoms with van der Waals surface area (Å²) in [4.78, 5) is 33.2. The highest BCUT2D eigenvalue weighted by atomic mass is 16.3. The summed E-state index contributed by atoms with van der Waals surface area (Å²) < 4.78 is 0. The third-order valence-corrected chi connectivity index (χ3v) is 7.19. The van der Waals surface area contributed by atoms with Crippen LogP contribution in [-0.4, -0.2) is 76.6 Å². The highest BCUT2D eigenvalue weighted by molar-refractivity contribution is 5.93. The van der Waals surface area contributed by atoms with Crippen LogP contribution in [-0.2, 0) is 17.8 Å². The van der Waals surface area contributed by atoms with Crippen LogP contribution >= 0.6 is 0 Å². The second-order valence-corrected chi connectivity index (χ2v) is 9.76. The van der Waals surface area contributed by atoms with Gasteiger partial charge in [0, 0.05) is 57.1 Å². The van der Waals surface area contributed by atoms with Crippen molar-refractivity contribution in [3.8, 4) is 0 Å². The predicted molar refractivity (Wildman–Crippen MR) is 129 cm³/mol. The van der Waals surface area contributed by atoms with Crippen LogP contribution in [0.4, 0.5) is 5.69 Å². The van der Waals surface area contributed by atoms with Gasteiger partial charge in [0.25, 0.3) is 5.91 Å². The van der Waals surface area contributed by atoms with Crippen molar-refractivity contribution >= 4 is 17.5 Å². The van der Waals surface area contributed by atoms with Gasteiger partial charge in [-0.3, -0.25) is 19.5 Å². The van der Waals surface area contributed by atoms with Crippen LogP contribution in [0.2, 0.25) is 0 Å². The second-order valence-electron chi connectivity index (χ2n) is 9.76. The van der Waals surface area contributed by atoms with Crippen molar-refractivity contribution in [1.29, 1.82) is 0 Å². The highest BCUT2D eigenvalue weighted by Gasteiger charge is 2.36. The lowest BCUT2D eigenvalue weighted by molar-refractivity contribution is -0.142. The van der Waals surface area contributed by atoms with Crippen molar-refractivity contribution in [2.75, 3.05) is 38.0 Å². The molecule has 8 heteroatoms. The van der Waals surface area contributed by atoms with Gasteiger partial charge in [-0.25, -0.2) is 0 Å². The minimum Gasteiger partial charge on any atom is -0.390 e. The number of hydrogen-bond acceptors (Lipinski definition) is 6. The van der Waals surface area contributed by atoms with Crippen molar-refractivity contribution in [2.45, 2.75) is 44.4 Å². The summed E-state index contributed by atoms with van der Waals surface area (Å²) in [5, 5.41) is 16.7. The number of amides is 2. The maximum Gasteiger partial charge on any atom is 0.270 e. The molecule has 3 aliphatic rings. The number of nitrogens with one attached hydrogen (secondary N) is 2. The highest BCUT2D eigenvalue weighted by Crippen LogP contribution is 2.30. The van der Waals surface area contributed by atoms with Gasteiger partial charge in [0.1, 0.15) is 5.69 Å². The summed E-state index contributed by atoms with van der Waals surface area (Å²) in [5.74, 6) is 0.215. The van der Waals surface area contributed by atoms with Crippen LogP contribution in [0, 0.1) is 5.92 Å². The molecule has 1 aromatic carbocycles. The van der Waals surface area contributed by atoms with Gasteiger partial charge in [0.2, 0.25) is 5.91 Å². The number of pyridine rings is 1. The number of aliphatic hydroxyl groups is 1. The molecule has 0 radical (unpaired) electrons. The lowest BCUT2D eigenvalue weighted by Gasteiger charge is -2.43. The maximum atomic E-state index is 12.6. The third kappa shape index (κ3) is 5.23. The van der Waals surface area contributed by atoms with E-state index in [4.69, 9.17) is 0 Å². The largest absolute Gasteiger partial charge is 0.390 e. The first-order valence-electron chi connectivity index (χ1n) is 12.3. The first kappa shape index (κ1) is 22.8. The zero-order chi connectivity index (χ0) is 23.5. The molecule has 0 spiro atoms. The average Bonchev–Trinajstić information content (AvgIpc) is 2.78. The number of nitrogens with zero attached hydrogens (tertiary/aromatic N) is 3. The molecule has 1 saturated carbocycles. The van der Waals surface area contributed by atoms with Gasteiger partial charge < -0.3 is 20.6 Å². The van der Waals surface area contributed by atoms with E-state index in [1.165, 1.54) is 11.1 Å². The Labute approximate surface area is 200 Å². The number of fused-ring (bicyclic) bond motifs is 1. The molecule has 3 N–H and O–H groups in total. The van der Waals surface area contributed by atoms with Crippen LogP contribution < -0.4 is 10.6 Å². The molecule has 1 atom stereocenters. The van der Waals surface area contributed by atoms with Gasteiger partial charge in [0.05, 0.1) is 12.1 Å². The van der Waals surface area contributed by atoms with Gasteiger partial charge in [-0.1, -0.05) is 30.7 Å². The molecule has 1 aliphatic carbocycles. The topological polar surface area (TPSA) is 97.8 Å². The fourth-order valence-corrected chi connectivity index (χ4v) is 4.92. The summed E-state index contributed by atoms with van der Waals surface area (Å²) in [6.45, 7) is 3.82. The normalized spacial score (nSPS) is 19.5. The molecule has 2 aromatic rings. The van der Waals surface area contributed by atoms with Crippen LogP contribution in [0.1, 0.15) is 40.9 Å². The standard InChI is InChI=1S/C26H33N5O3/c32-23(17-30-11-9-18-4-1-2-5-20(18)14-30)13-28-25(33)24-12-21(8-10-27-24)29-22-15-31(16-22)26(34)19-6-3-7-19/h1-2,4-5,8,10,12,19,22-23,32H,3,6-7,9,11,13-17H2,(H,27,29)(H,28,33)/t23-/m0/s1. The Hall–Kier alpha value is -2.97. The van der Waals surface area contributed by atoms with E-state index < -0.39 is 6.10 Å². The van der Waals surface area contributed by atoms with E-state index in [1.807, 2.05) is 17.0 Å². The number of anilines is 1. The molecule has 34 heavy (non-hydrogen) atoms. The Kier molecular flexibility index (Phi) is 6.78. The van der Waals surface area contributed by atoms with Crippen molar-refractivity contribution in [3.05, 3.63) is 59.4 Å². The lowest BCUT2D eigenvalue weighted by atomic mass is 9.83. The molecule has 8 nitrogen and oxygen atoms in total. The average molecular weight is 464 g/mol. The van der Waals surface area contributed by atoms with Crippen LogP contribution in [0.15, 0.2) is 42.6 Å². The number of rotatable bonds is 8. The van der Waals surface area contributed by atoms with Crippen LogP contribution in [0.25, 0.3) is 0 Å². The lowest BCUT2D eigenvalue weighted by Crippen LogP contribution is -2.58. The number of β-amino-alcohol motifs (C(OH)–C–C–N with tert-alkyl or cyclic N) is 1. The number of aromatic nitrogens is 1. The van der Waals surface area contributed by atoms with Crippen molar-refractivity contribution in [1.82, 2.24) is 20.1 Å². The maximum absolute atomic E-state index is 12.6. The van der Waals surface area contributed by atoms with E-state index in [0.29, 0.717) is 25.3 Å². The van der Waals surface area contributed by atoms with E-state index in [9.17, 15) is 14.7 Å². The van der Waals surface area contributed by atoms with Gasteiger partial charge in [-0.15, -0.1) is 0 Å². The minimum atomic E-state index is -0.648. The quantitative estimate of drug-likeness (QED) is 0.551. The Bertz CT molecular complexity index is 1030. The monoisotopic (exact) mass is 463 g/mol. The fourth-order valence-electron chi connectivity index (χ4n) is 4.92. The number of carbonyl (C=O) groups is 2. The molecule has 2 amide bonds. The summed E-state index contributed by atoms with van der Waals surface area (Å²) >= 11 is 0. The molecule has 1 saturated heterocycles. The van der Waals surface area contributed by atoms with Crippen molar-refractivity contribution in [3.63, 3.8) is 0 Å². The van der Waals surface area contributed by atoms with Crippen molar-refractivity contribution in [2.24, 2.45) is 5.92 Å². The van der Waals surface area contributed by atoms with E-state index >= 15 is 0 Å².